The molecule has 0 N–H and O–H groups in total. The highest BCUT2D eigenvalue weighted by molar-refractivity contribution is 7.80. The SMILES string of the molecule is O=C(CC[S])OC1CCCCC1. The molecular weight excluding hydrogens is 172 g/mol. The molecule has 1 aliphatic rings. The van der Waals surface area contributed by atoms with E-state index in [0.717, 1.165) is 12.8 Å². The Balaban J connectivity index is 2.15. The number of rotatable bonds is 3. The maximum atomic E-state index is 11.0. The van der Waals surface area contributed by atoms with Crippen LogP contribution in [-0.4, -0.2) is 17.8 Å². The highest BCUT2D eigenvalue weighted by atomic mass is 32.1. The van der Waals surface area contributed by atoms with E-state index in [-0.39, 0.29) is 12.1 Å². The lowest BCUT2D eigenvalue weighted by Gasteiger charge is -2.21. The predicted molar refractivity (Wildman–Crippen MR) is 50.0 cm³/mol. The second kappa shape index (κ2) is 5.46. The zero-order valence-electron chi connectivity index (χ0n) is 7.25. The van der Waals surface area contributed by atoms with Crippen molar-refractivity contribution in [2.45, 2.75) is 44.6 Å². The number of esters is 1. The molecule has 0 unspecified atom stereocenters. The zero-order chi connectivity index (χ0) is 8.81. The minimum atomic E-state index is -0.114. The van der Waals surface area contributed by atoms with Gasteiger partial charge in [-0.25, -0.2) is 0 Å². The Labute approximate surface area is 79.1 Å². The number of hydrogen-bond acceptors (Lipinski definition) is 2. The van der Waals surface area contributed by atoms with E-state index in [4.69, 9.17) is 17.4 Å². The molecule has 3 heteroatoms. The molecule has 12 heavy (non-hydrogen) atoms. The highest BCUT2D eigenvalue weighted by Gasteiger charge is 2.16. The number of ether oxygens (including phenoxy) is 1. The molecule has 0 spiro atoms. The van der Waals surface area contributed by atoms with Crippen molar-refractivity contribution in [3.63, 3.8) is 0 Å². The average molecular weight is 187 g/mol. The van der Waals surface area contributed by atoms with Crippen LogP contribution in [0.1, 0.15) is 38.5 Å². The van der Waals surface area contributed by atoms with Gasteiger partial charge in [-0.05, 0) is 25.7 Å². The van der Waals surface area contributed by atoms with Crippen LogP contribution in [-0.2, 0) is 9.53 Å². The first-order chi connectivity index (χ1) is 5.83. The molecule has 0 heterocycles. The van der Waals surface area contributed by atoms with E-state index in [1.54, 1.807) is 0 Å². The van der Waals surface area contributed by atoms with Gasteiger partial charge in [-0.2, -0.15) is 0 Å². The van der Waals surface area contributed by atoms with E-state index < -0.39 is 0 Å². The fourth-order valence-corrected chi connectivity index (χ4v) is 1.68. The Morgan fingerprint density at radius 3 is 2.58 bits per heavy atom. The van der Waals surface area contributed by atoms with Crippen LogP contribution >= 0.6 is 12.6 Å². The molecule has 0 aliphatic heterocycles. The molecular formula is C9H15O2S. The van der Waals surface area contributed by atoms with Gasteiger partial charge in [0.2, 0.25) is 0 Å². The summed E-state index contributed by atoms with van der Waals surface area (Å²) in [4.78, 5) is 11.0. The molecule has 1 fully saturated rings. The maximum Gasteiger partial charge on any atom is 0.306 e. The van der Waals surface area contributed by atoms with Gasteiger partial charge >= 0.3 is 5.97 Å². The normalized spacial score (nSPS) is 19.1. The smallest absolute Gasteiger partial charge is 0.306 e. The van der Waals surface area contributed by atoms with Crippen LogP contribution in [0, 0.1) is 0 Å². The summed E-state index contributed by atoms with van der Waals surface area (Å²) in [5.74, 6) is 0.364. The van der Waals surface area contributed by atoms with E-state index in [1.807, 2.05) is 0 Å². The fraction of sp³-hybridized carbons (Fsp3) is 0.889. The van der Waals surface area contributed by atoms with Crippen molar-refractivity contribution in [1.29, 1.82) is 0 Å². The van der Waals surface area contributed by atoms with Crippen molar-refractivity contribution < 1.29 is 9.53 Å². The van der Waals surface area contributed by atoms with Crippen molar-refractivity contribution in [1.82, 2.24) is 0 Å². The summed E-state index contributed by atoms with van der Waals surface area (Å²) in [6, 6.07) is 0. The van der Waals surface area contributed by atoms with Gasteiger partial charge in [0, 0.05) is 5.75 Å². The zero-order valence-corrected chi connectivity index (χ0v) is 8.07. The molecule has 69 valence electrons. The standard InChI is InChI=1S/C9H15O2S/c10-9(6-7-12)11-8-4-2-1-3-5-8/h8H,1-7H2. The average Bonchev–Trinajstić information content (AvgIpc) is 2.06. The third kappa shape index (κ3) is 3.48. The Morgan fingerprint density at radius 2 is 2.00 bits per heavy atom. The Kier molecular flexibility index (Phi) is 4.51. The molecule has 1 saturated carbocycles. The van der Waals surface area contributed by atoms with Gasteiger partial charge in [-0.1, -0.05) is 19.0 Å². The second-order valence-corrected chi connectivity index (χ2v) is 3.61. The fourth-order valence-electron chi connectivity index (χ4n) is 1.51. The monoisotopic (exact) mass is 187 g/mol. The molecule has 0 amide bonds. The molecule has 1 radical (unpaired) electrons. The maximum absolute atomic E-state index is 11.0. The van der Waals surface area contributed by atoms with Crippen molar-refractivity contribution in [3.8, 4) is 0 Å². The molecule has 0 bridgehead atoms. The first kappa shape index (κ1) is 9.90. The van der Waals surface area contributed by atoms with E-state index in [9.17, 15) is 4.79 Å². The summed E-state index contributed by atoms with van der Waals surface area (Å²) < 4.78 is 5.23. The lowest BCUT2D eigenvalue weighted by atomic mass is 9.98. The second-order valence-electron chi connectivity index (χ2n) is 3.20. The van der Waals surface area contributed by atoms with Crippen LogP contribution in [0.5, 0.6) is 0 Å². The summed E-state index contributed by atoms with van der Waals surface area (Å²) in [6.45, 7) is 0. The third-order valence-electron chi connectivity index (χ3n) is 2.16. The lowest BCUT2D eigenvalue weighted by molar-refractivity contribution is -0.149. The minimum Gasteiger partial charge on any atom is -0.462 e. The summed E-state index contributed by atoms with van der Waals surface area (Å²) in [5.41, 5.74) is 0. The van der Waals surface area contributed by atoms with Gasteiger partial charge in [0.05, 0.1) is 6.42 Å². The predicted octanol–water partition coefficient (Wildman–Crippen LogP) is 2.45. The molecule has 0 aromatic carbocycles. The van der Waals surface area contributed by atoms with Crippen molar-refractivity contribution in [2.24, 2.45) is 0 Å². The van der Waals surface area contributed by atoms with E-state index in [2.05, 4.69) is 0 Å². The highest BCUT2D eigenvalue weighted by Crippen LogP contribution is 2.20. The summed E-state index contributed by atoms with van der Waals surface area (Å²) in [5, 5.41) is 0. The number of carbonyl (C=O) groups excluding carboxylic acids is 1. The van der Waals surface area contributed by atoms with Crippen LogP contribution in [0.25, 0.3) is 0 Å². The molecule has 0 saturated heterocycles. The van der Waals surface area contributed by atoms with E-state index in [1.165, 1.54) is 19.3 Å². The molecule has 0 aromatic rings. The first-order valence-electron chi connectivity index (χ1n) is 4.60. The van der Waals surface area contributed by atoms with Gasteiger partial charge in [0.15, 0.2) is 0 Å². The summed E-state index contributed by atoms with van der Waals surface area (Å²) >= 11 is 4.70. The van der Waals surface area contributed by atoms with Crippen LogP contribution in [0.4, 0.5) is 0 Å². The first-order valence-corrected chi connectivity index (χ1v) is 5.18. The van der Waals surface area contributed by atoms with Gasteiger partial charge in [0.1, 0.15) is 6.10 Å². The van der Waals surface area contributed by atoms with Crippen molar-refractivity contribution >= 4 is 18.6 Å². The summed E-state index contributed by atoms with van der Waals surface area (Å²) in [7, 11) is 0. The lowest BCUT2D eigenvalue weighted by Crippen LogP contribution is -2.20. The number of carbonyl (C=O) groups is 1. The Bertz CT molecular complexity index is 141. The van der Waals surface area contributed by atoms with Gasteiger partial charge in [-0.15, -0.1) is 0 Å². The Hall–Kier alpha value is -0.180. The minimum absolute atomic E-state index is 0.114. The molecule has 1 aliphatic carbocycles. The van der Waals surface area contributed by atoms with Crippen LogP contribution in [0.3, 0.4) is 0 Å². The number of hydrogen-bond donors (Lipinski definition) is 0. The molecule has 1 rings (SSSR count). The van der Waals surface area contributed by atoms with Crippen LogP contribution in [0.2, 0.25) is 0 Å². The third-order valence-corrected chi connectivity index (χ3v) is 2.36. The van der Waals surface area contributed by atoms with Crippen molar-refractivity contribution in [3.05, 3.63) is 0 Å². The molecule has 0 aromatic heterocycles. The van der Waals surface area contributed by atoms with Gasteiger partial charge in [0.25, 0.3) is 0 Å². The van der Waals surface area contributed by atoms with Gasteiger partial charge in [-0.3, -0.25) is 4.79 Å². The largest absolute Gasteiger partial charge is 0.462 e. The van der Waals surface area contributed by atoms with Crippen LogP contribution < -0.4 is 0 Å². The quantitative estimate of drug-likeness (QED) is 0.634. The topological polar surface area (TPSA) is 26.3 Å². The summed E-state index contributed by atoms with van der Waals surface area (Å²) in [6.07, 6.45) is 6.36. The van der Waals surface area contributed by atoms with Crippen LogP contribution in [0.15, 0.2) is 0 Å². The van der Waals surface area contributed by atoms with E-state index >= 15 is 0 Å². The van der Waals surface area contributed by atoms with E-state index in [0.29, 0.717) is 12.2 Å². The van der Waals surface area contributed by atoms with Crippen molar-refractivity contribution in [2.75, 3.05) is 5.75 Å². The molecule has 2 nitrogen and oxygen atoms in total. The Morgan fingerprint density at radius 1 is 1.33 bits per heavy atom. The molecule has 0 atom stereocenters. The van der Waals surface area contributed by atoms with Gasteiger partial charge < -0.3 is 4.74 Å².